The van der Waals surface area contributed by atoms with E-state index in [-0.39, 0.29) is 17.6 Å². The lowest BCUT2D eigenvalue weighted by Gasteiger charge is -2.31. The van der Waals surface area contributed by atoms with Gasteiger partial charge < -0.3 is 20.3 Å². The van der Waals surface area contributed by atoms with Crippen LogP contribution in [0.5, 0.6) is 5.75 Å². The number of anilines is 1. The highest BCUT2D eigenvalue weighted by Crippen LogP contribution is 2.27. The summed E-state index contributed by atoms with van der Waals surface area (Å²) in [6.07, 6.45) is 2.18. The topological polar surface area (TPSA) is 90.6 Å². The van der Waals surface area contributed by atoms with Gasteiger partial charge in [-0.15, -0.1) is 0 Å². The van der Waals surface area contributed by atoms with Crippen molar-refractivity contribution in [1.29, 1.82) is 0 Å². The molecule has 4 rings (SSSR count). The van der Waals surface area contributed by atoms with E-state index in [1.54, 1.807) is 24.3 Å². The normalized spacial score (nSPS) is 18.4. The molecule has 3 aromatic rings. The molecule has 0 radical (unpaired) electrons. The Balaban J connectivity index is 1.30. The van der Waals surface area contributed by atoms with Gasteiger partial charge in [-0.1, -0.05) is 41.6 Å². The number of carbonyl (C=O) groups is 1. The molecular weight excluding hydrogens is 416 g/mol. The summed E-state index contributed by atoms with van der Waals surface area (Å²) in [7, 11) is 2.07. The number of piperidine rings is 1. The van der Waals surface area contributed by atoms with Gasteiger partial charge in [0, 0.05) is 30.8 Å². The standard InChI is InChI=1S/C26H32N4O3/c1-30(17-19-6-3-2-4-7-19)18-25-15-23(29-33-25)12-21-16-27-11-10-20(21)13-26(32)28-22-8-5-9-24(31)14-22/h2-9,14-15,20-21,27,31H,10-13,16-18H2,1H3,(H,28,32). The zero-order valence-electron chi connectivity index (χ0n) is 19.0. The van der Waals surface area contributed by atoms with Crippen molar-refractivity contribution >= 4 is 11.6 Å². The third-order valence-corrected chi connectivity index (χ3v) is 6.14. The second-order valence-electron chi connectivity index (χ2n) is 8.96. The van der Waals surface area contributed by atoms with Gasteiger partial charge in [-0.3, -0.25) is 9.69 Å². The fourth-order valence-electron chi connectivity index (χ4n) is 4.53. The molecule has 2 unspecified atom stereocenters. The second kappa shape index (κ2) is 11.1. The number of phenolic OH excluding ortho intramolecular Hbond substituents is 1. The Morgan fingerprint density at radius 2 is 2.00 bits per heavy atom. The van der Waals surface area contributed by atoms with E-state index >= 15 is 0 Å². The number of aromatic nitrogens is 1. The van der Waals surface area contributed by atoms with Crippen molar-refractivity contribution in [3.8, 4) is 5.75 Å². The Labute approximate surface area is 194 Å². The van der Waals surface area contributed by atoms with E-state index < -0.39 is 0 Å². The number of phenols is 1. The highest BCUT2D eigenvalue weighted by molar-refractivity contribution is 5.91. The number of amides is 1. The predicted molar refractivity (Wildman–Crippen MR) is 128 cm³/mol. The summed E-state index contributed by atoms with van der Waals surface area (Å²) in [6, 6.07) is 19.1. The number of aromatic hydroxyl groups is 1. The van der Waals surface area contributed by atoms with Crippen LogP contribution in [-0.4, -0.2) is 41.2 Å². The summed E-state index contributed by atoms with van der Waals surface area (Å²) >= 11 is 0. The van der Waals surface area contributed by atoms with E-state index in [1.807, 2.05) is 24.3 Å². The number of rotatable bonds is 9. The van der Waals surface area contributed by atoms with Gasteiger partial charge in [-0.2, -0.15) is 0 Å². The summed E-state index contributed by atoms with van der Waals surface area (Å²) in [5.74, 6) is 1.55. The molecule has 3 N–H and O–H groups in total. The first-order valence-corrected chi connectivity index (χ1v) is 11.5. The first-order valence-electron chi connectivity index (χ1n) is 11.5. The first kappa shape index (κ1) is 23.0. The Bertz CT molecular complexity index is 1040. The fourth-order valence-corrected chi connectivity index (χ4v) is 4.53. The lowest BCUT2D eigenvalue weighted by molar-refractivity contribution is -0.117. The summed E-state index contributed by atoms with van der Waals surface area (Å²) in [6.45, 7) is 3.31. The predicted octanol–water partition coefficient (Wildman–Crippen LogP) is 3.81. The molecule has 0 bridgehead atoms. The van der Waals surface area contributed by atoms with Crippen molar-refractivity contribution in [3.63, 3.8) is 0 Å². The number of hydrogen-bond acceptors (Lipinski definition) is 6. The molecule has 7 nitrogen and oxygen atoms in total. The van der Waals surface area contributed by atoms with Crippen molar-refractivity contribution in [2.45, 2.75) is 32.4 Å². The van der Waals surface area contributed by atoms with Gasteiger partial charge in [0.1, 0.15) is 5.75 Å². The van der Waals surface area contributed by atoms with Crippen LogP contribution in [0.1, 0.15) is 29.9 Å². The molecule has 0 spiro atoms. The molecule has 0 aliphatic carbocycles. The maximum atomic E-state index is 12.6. The number of nitrogens with one attached hydrogen (secondary N) is 2. The highest BCUT2D eigenvalue weighted by Gasteiger charge is 2.28. The van der Waals surface area contributed by atoms with Crippen LogP contribution >= 0.6 is 0 Å². The first-order chi connectivity index (χ1) is 16.0. The molecule has 7 heteroatoms. The molecule has 0 saturated carbocycles. The van der Waals surface area contributed by atoms with Crippen molar-refractivity contribution in [1.82, 2.24) is 15.4 Å². The minimum absolute atomic E-state index is 0.0270. The molecule has 1 fully saturated rings. The maximum absolute atomic E-state index is 12.6. The molecule has 1 aliphatic rings. The highest BCUT2D eigenvalue weighted by atomic mass is 16.5. The van der Waals surface area contributed by atoms with Crippen molar-refractivity contribution in [3.05, 3.63) is 77.7 Å². The van der Waals surface area contributed by atoms with E-state index in [0.29, 0.717) is 24.6 Å². The van der Waals surface area contributed by atoms with Crippen LogP contribution in [0.2, 0.25) is 0 Å². The van der Waals surface area contributed by atoms with Crippen molar-refractivity contribution in [2.75, 3.05) is 25.5 Å². The second-order valence-corrected chi connectivity index (χ2v) is 8.96. The van der Waals surface area contributed by atoms with E-state index in [4.69, 9.17) is 4.52 Å². The number of nitrogens with zero attached hydrogens (tertiary/aromatic N) is 2. The zero-order valence-corrected chi connectivity index (χ0v) is 19.0. The summed E-state index contributed by atoms with van der Waals surface area (Å²) in [5.41, 5.74) is 2.82. The van der Waals surface area contributed by atoms with Gasteiger partial charge in [-0.25, -0.2) is 0 Å². The fraction of sp³-hybridized carbons (Fsp3) is 0.385. The van der Waals surface area contributed by atoms with E-state index in [2.05, 4.69) is 39.9 Å². The van der Waals surface area contributed by atoms with Crippen LogP contribution in [0.25, 0.3) is 0 Å². The lowest BCUT2D eigenvalue weighted by atomic mass is 9.81. The molecule has 1 saturated heterocycles. The quantitative estimate of drug-likeness (QED) is 0.461. The van der Waals surface area contributed by atoms with E-state index in [1.165, 1.54) is 5.56 Å². The van der Waals surface area contributed by atoms with Crippen LogP contribution in [0.4, 0.5) is 5.69 Å². The molecule has 174 valence electrons. The van der Waals surface area contributed by atoms with E-state index in [9.17, 15) is 9.90 Å². The van der Waals surface area contributed by atoms with Gasteiger partial charge in [0.05, 0.1) is 12.2 Å². The Kier molecular flexibility index (Phi) is 7.75. The minimum Gasteiger partial charge on any atom is -0.508 e. The summed E-state index contributed by atoms with van der Waals surface area (Å²) in [5, 5.41) is 20.3. The number of benzene rings is 2. The molecule has 1 amide bonds. The van der Waals surface area contributed by atoms with Crippen LogP contribution in [0, 0.1) is 11.8 Å². The van der Waals surface area contributed by atoms with Gasteiger partial charge in [0.2, 0.25) is 5.91 Å². The SMILES string of the molecule is CN(Cc1ccccc1)Cc1cc(CC2CNCCC2CC(=O)Nc2cccc(O)c2)no1. The Hall–Kier alpha value is -3.16. The zero-order chi connectivity index (χ0) is 23.0. The van der Waals surface area contributed by atoms with Gasteiger partial charge >= 0.3 is 0 Å². The largest absolute Gasteiger partial charge is 0.508 e. The molecule has 2 atom stereocenters. The number of carbonyl (C=O) groups excluding carboxylic acids is 1. The number of hydrogen-bond donors (Lipinski definition) is 3. The molecule has 33 heavy (non-hydrogen) atoms. The average Bonchev–Trinajstić information content (AvgIpc) is 3.22. The summed E-state index contributed by atoms with van der Waals surface area (Å²) < 4.78 is 5.61. The third-order valence-electron chi connectivity index (χ3n) is 6.14. The lowest BCUT2D eigenvalue weighted by Crippen LogP contribution is -2.39. The van der Waals surface area contributed by atoms with Crippen LogP contribution in [0.15, 0.2) is 65.2 Å². The molecule has 2 heterocycles. The van der Waals surface area contributed by atoms with Crippen molar-refractivity contribution < 1.29 is 14.4 Å². The molecule has 2 aromatic carbocycles. The van der Waals surface area contributed by atoms with E-state index in [0.717, 1.165) is 43.9 Å². The molecule has 1 aliphatic heterocycles. The maximum Gasteiger partial charge on any atom is 0.224 e. The third kappa shape index (κ3) is 6.91. The minimum atomic E-state index is -0.0270. The smallest absolute Gasteiger partial charge is 0.224 e. The van der Waals surface area contributed by atoms with Crippen molar-refractivity contribution in [2.24, 2.45) is 11.8 Å². The summed E-state index contributed by atoms with van der Waals surface area (Å²) in [4.78, 5) is 14.8. The molecular formula is C26H32N4O3. The van der Waals surface area contributed by atoms with Crippen LogP contribution in [-0.2, 0) is 24.3 Å². The van der Waals surface area contributed by atoms with Crippen LogP contribution < -0.4 is 10.6 Å². The van der Waals surface area contributed by atoms with Gasteiger partial charge in [-0.05, 0) is 62.5 Å². The average molecular weight is 449 g/mol. The van der Waals surface area contributed by atoms with Gasteiger partial charge in [0.15, 0.2) is 5.76 Å². The Morgan fingerprint density at radius 1 is 1.15 bits per heavy atom. The monoisotopic (exact) mass is 448 g/mol. The Morgan fingerprint density at radius 3 is 2.82 bits per heavy atom. The van der Waals surface area contributed by atoms with Crippen LogP contribution in [0.3, 0.4) is 0 Å². The molecule has 1 aromatic heterocycles. The van der Waals surface area contributed by atoms with Gasteiger partial charge in [0.25, 0.3) is 0 Å².